The number of carbonyl (C=O) groups is 1. The average Bonchev–Trinajstić information content (AvgIpc) is 2.00. The van der Waals surface area contributed by atoms with Gasteiger partial charge in [-0.2, -0.15) is 0 Å². The average molecular weight is 144 g/mol. The van der Waals surface area contributed by atoms with Crippen molar-refractivity contribution in [2.45, 2.75) is 20.3 Å². The van der Waals surface area contributed by atoms with Gasteiger partial charge < -0.3 is 9.84 Å². The van der Waals surface area contributed by atoms with Crippen LogP contribution >= 0.6 is 0 Å². The fraction of sp³-hybridized carbons (Fsp3) is 0.571. The van der Waals surface area contributed by atoms with Crippen LogP contribution in [0.3, 0.4) is 0 Å². The maximum atomic E-state index is 10.7. The maximum absolute atomic E-state index is 10.7. The highest BCUT2D eigenvalue weighted by atomic mass is 16.5. The van der Waals surface area contributed by atoms with Crippen LogP contribution in [0, 0.1) is 0 Å². The molecule has 0 heterocycles. The van der Waals surface area contributed by atoms with Crippen LogP contribution in [0.2, 0.25) is 0 Å². The van der Waals surface area contributed by atoms with E-state index in [1.807, 2.05) is 0 Å². The van der Waals surface area contributed by atoms with Gasteiger partial charge >= 0.3 is 5.97 Å². The predicted octanol–water partition coefficient (Wildman–Crippen LogP) is 1.40. The molecular formula is C7H12O3. The number of esters is 1. The lowest BCUT2D eigenvalue weighted by atomic mass is 10.2. The van der Waals surface area contributed by atoms with Crippen LogP contribution in [0.5, 0.6) is 0 Å². The van der Waals surface area contributed by atoms with Gasteiger partial charge in [0.2, 0.25) is 0 Å². The molecule has 0 fully saturated rings. The van der Waals surface area contributed by atoms with Crippen molar-refractivity contribution in [1.82, 2.24) is 0 Å². The Morgan fingerprint density at radius 2 is 2.10 bits per heavy atom. The van der Waals surface area contributed by atoms with Crippen molar-refractivity contribution < 1.29 is 14.6 Å². The van der Waals surface area contributed by atoms with Crippen LogP contribution < -0.4 is 0 Å². The first kappa shape index (κ1) is 9.01. The maximum Gasteiger partial charge on any atom is 0.336 e. The number of hydrogen-bond donors (Lipinski definition) is 1. The molecule has 0 aliphatic rings. The normalized spacial score (nSPS) is 12.3. The Bertz CT molecular complexity index is 158. The lowest BCUT2D eigenvalue weighted by Gasteiger charge is -2.00. The SMILES string of the molecule is CC/C(O)=C(\C)C(=O)OC. The van der Waals surface area contributed by atoms with E-state index in [9.17, 15) is 4.79 Å². The number of carbonyl (C=O) groups excluding carboxylic acids is 1. The smallest absolute Gasteiger partial charge is 0.336 e. The monoisotopic (exact) mass is 144 g/mol. The van der Waals surface area contributed by atoms with E-state index in [1.54, 1.807) is 6.92 Å². The first-order valence-electron chi connectivity index (χ1n) is 3.10. The molecule has 0 aliphatic heterocycles. The van der Waals surface area contributed by atoms with Crippen LogP contribution in [0.1, 0.15) is 20.3 Å². The summed E-state index contributed by atoms with van der Waals surface area (Å²) in [6.07, 6.45) is 0.459. The molecule has 0 rings (SSSR count). The van der Waals surface area contributed by atoms with Crippen LogP contribution in [-0.2, 0) is 9.53 Å². The first-order valence-corrected chi connectivity index (χ1v) is 3.10. The zero-order valence-corrected chi connectivity index (χ0v) is 6.47. The fourth-order valence-electron chi connectivity index (χ4n) is 0.536. The first-order chi connectivity index (χ1) is 4.63. The molecule has 3 heteroatoms. The van der Waals surface area contributed by atoms with Crippen molar-refractivity contribution in [2.24, 2.45) is 0 Å². The summed E-state index contributed by atoms with van der Waals surface area (Å²) in [5.74, 6) is -0.383. The molecule has 0 unspecified atom stereocenters. The molecule has 0 bridgehead atoms. The van der Waals surface area contributed by atoms with Crippen LogP contribution in [-0.4, -0.2) is 18.2 Å². The minimum Gasteiger partial charge on any atom is -0.512 e. The van der Waals surface area contributed by atoms with Gasteiger partial charge in [-0.05, 0) is 6.92 Å². The van der Waals surface area contributed by atoms with E-state index in [1.165, 1.54) is 14.0 Å². The minimum absolute atomic E-state index is 0.0897. The second-order valence-electron chi connectivity index (χ2n) is 1.92. The predicted molar refractivity (Wildman–Crippen MR) is 37.6 cm³/mol. The van der Waals surface area contributed by atoms with Gasteiger partial charge in [0.25, 0.3) is 0 Å². The van der Waals surface area contributed by atoms with Gasteiger partial charge in [-0.1, -0.05) is 6.92 Å². The molecule has 1 N–H and O–H groups in total. The van der Waals surface area contributed by atoms with Crippen molar-refractivity contribution in [3.8, 4) is 0 Å². The van der Waals surface area contributed by atoms with E-state index in [0.29, 0.717) is 6.42 Å². The standard InChI is InChI=1S/C7H12O3/c1-4-6(8)5(2)7(9)10-3/h8H,4H2,1-3H3/b6-5-. The molecule has 0 amide bonds. The Labute approximate surface area is 60.3 Å². The van der Waals surface area contributed by atoms with Crippen LogP contribution in [0.25, 0.3) is 0 Å². The molecule has 0 spiro atoms. The van der Waals surface area contributed by atoms with Crippen LogP contribution in [0.4, 0.5) is 0 Å². The lowest BCUT2D eigenvalue weighted by Crippen LogP contribution is -2.04. The van der Waals surface area contributed by atoms with Gasteiger partial charge in [0.15, 0.2) is 0 Å². The van der Waals surface area contributed by atoms with Gasteiger partial charge in [0.05, 0.1) is 12.7 Å². The molecule has 10 heavy (non-hydrogen) atoms. The molecule has 0 saturated heterocycles. The van der Waals surface area contributed by atoms with Gasteiger partial charge in [-0.15, -0.1) is 0 Å². The minimum atomic E-state index is -0.473. The van der Waals surface area contributed by atoms with E-state index in [-0.39, 0.29) is 11.3 Å². The van der Waals surface area contributed by atoms with Crippen molar-refractivity contribution in [1.29, 1.82) is 0 Å². The molecule has 0 aliphatic carbocycles. The molecule has 0 radical (unpaired) electrons. The van der Waals surface area contributed by atoms with E-state index in [2.05, 4.69) is 4.74 Å². The number of hydrogen-bond acceptors (Lipinski definition) is 3. The summed E-state index contributed by atoms with van der Waals surface area (Å²) in [4.78, 5) is 10.7. The van der Waals surface area contributed by atoms with E-state index >= 15 is 0 Å². The summed E-state index contributed by atoms with van der Waals surface area (Å²) in [6.45, 7) is 3.30. The third-order valence-corrected chi connectivity index (χ3v) is 1.26. The fourth-order valence-corrected chi connectivity index (χ4v) is 0.536. The molecule has 0 saturated carbocycles. The summed E-state index contributed by atoms with van der Waals surface area (Å²) >= 11 is 0. The highest BCUT2D eigenvalue weighted by molar-refractivity contribution is 5.88. The van der Waals surface area contributed by atoms with Crippen molar-refractivity contribution in [3.05, 3.63) is 11.3 Å². The number of methoxy groups -OCH3 is 1. The molecule has 3 nitrogen and oxygen atoms in total. The highest BCUT2D eigenvalue weighted by Crippen LogP contribution is 2.05. The summed E-state index contributed by atoms with van der Waals surface area (Å²) < 4.78 is 4.38. The molecular weight excluding hydrogens is 132 g/mol. The third-order valence-electron chi connectivity index (χ3n) is 1.26. The number of allylic oxidation sites excluding steroid dienone is 1. The summed E-state index contributed by atoms with van der Waals surface area (Å²) in [5, 5.41) is 9.01. The second kappa shape index (κ2) is 3.93. The Balaban J connectivity index is 4.30. The topological polar surface area (TPSA) is 46.5 Å². The Kier molecular flexibility index (Phi) is 3.54. The lowest BCUT2D eigenvalue weighted by molar-refractivity contribution is -0.136. The second-order valence-corrected chi connectivity index (χ2v) is 1.92. The molecule has 0 aromatic heterocycles. The van der Waals surface area contributed by atoms with Gasteiger partial charge in [-0.25, -0.2) is 4.79 Å². The molecule has 0 atom stereocenters. The van der Waals surface area contributed by atoms with E-state index < -0.39 is 5.97 Å². The number of rotatable bonds is 2. The number of aliphatic hydroxyl groups excluding tert-OH is 1. The largest absolute Gasteiger partial charge is 0.512 e. The Morgan fingerprint density at radius 3 is 2.40 bits per heavy atom. The zero-order valence-electron chi connectivity index (χ0n) is 6.47. The van der Waals surface area contributed by atoms with Crippen LogP contribution in [0.15, 0.2) is 11.3 Å². The number of aliphatic hydroxyl groups is 1. The third kappa shape index (κ3) is 2.09. The molecule has 0 aromatic rings. The highest BCUT2D eigenvalue weighted by Gasteiger charge is 2.07. The summed E-state index contributed by atoms with van der Waals surface area (Å²) in [5.41, 5.74) is 0.282. The van der Waals surface area contributed by atoms with Gasteiger partial charge in [0.1, 0.15) is 5.76 Å². The Morgan fingerprint density at radius 1 is 1.60 bits per heavy atom. The quantitative estimate of drug-likeness (QED) is 0.362. The summed E-state index contributed by atoms with van der Waals surface area (Å²) in [7, 11) is 1.29. The molecule has 0 aromatic carbocycles. The van der Waals surface area contributed by atoms with E-state index in [4.69, 9.17) is 5.11 Å². The van der Waals surface area contributed by atoms with Crippen molar-refractivity contribution in [2.75, 3.05) is 7.11 Å². The molecule has 58 valence electrons. The number of ether oxygens (including phenoxy) is 1. The summed E-state index contributed by atoms with van der Waals surface area (Å²) in [6, 6.07) is 0. The van der Waals surface area contributed by atoms with E-state index in [0.717, 1.165) is 0 Å². The Hall–Kier alpha value is -0.990. The van der Waals surface area contributed by atoms with Gasteiger partial charge in [0, 0.05) is 6.42 Å². The van der Waals surface area contributed by atoms with Crippen molar-refractivity contribution in [3.63, 3.8) is 0 Å². The van der Waals surface area contributed by atoms with Crippen molar-refractivity contribution >= 4 is 5.97 Å². The van der Waals surface area contributed by atoms with Gasteiger partial charge in [-0.3, -0.25) is 0 Å². The zero-order chi connectivity index (χ0) is 8.15.